The monoisotopic (exact) mass is 304 g/mol. The van der Waals surface area contributed by atoms with Gasteiger partial charge in [0.25, 0.3) is 0 Å². The van der Waals surface area contributed by atoms with E-state index in [-0.39, 0.29) is 18.8 Å². The summed E-state index contributed by atoms with van der Waals surface area (Å²) in [6, 6.07) is 5.24. The molecule has 1 aromatic carbocycles. The van der Waals surface area contributed by atoms with Gasteiger partial charge in [-0.15, -0.1) is 0 Å². The molecule has 1 aromatic rings. The Bertz CT molecular complexity index is 495. The SMILES string of the molecule is CCOP(=O)(OCC)[C@H](C(=O)OC)c1cccc(F)c1. The molecule has 0 unspecified atom stereocenters. The summed E-state index contributed by atoms with van der Waals surface area (Å²) in [5.41, 5.74) is -1.11. The van der Waals surface area contributed by atoms with Crippen molar-refractivity contribution in [2.45, 2.75) is 19.5 Å². The van der Waals surface area contributed by atoms with Gasteiger partial charge in [-0.3, -0.25) is 9.36 Å². The average molecular weight is 304 g/mol. The highest BCUT2D eigenvalue weighted by Gasteiger charge is 2.43. The quantitative estimate of drug-likeness (QED) is 0.571. The van der Waals surface area contributed by atoms with E-state index >= 15 is 0 Å². The molecule has 1 atom stereocenters. The molecule has 0 aliphatic rings. The molecule has 112 valence electrons. The zero-order chi connectivity index (χ0) is 15.2. The van der Waals surface area contributed by atoms with Crippen molar-refractivity contribution in [3.05, 3.63) is 35.6 Å². The Balaban J connectivity index is 3.30. The number of methoxy groups -OCH3 is 1. The van der Waals surface area contributed by atoms with Gasteiger partial charge in [0.2, 0.25) is 0 Å². The predicted octanol–water partition coefficient (Wildman–Crippen LogP) is 3.31. The molecule has 1 rings (SSSR count). The number of carbonyl (C=O) groups is 1. The minimum absolute atomic E-state index is 0.0973. The van der Waals surface area contributed by atoms with Crippen molar-refractivity contribution >= 4 is 13.6 Å². The highest BCUT2D eigenvalue weighted by Crippen LogP contribution is 2.61. The van der Waals surface area contributed by atoms with Crippen LogP contribution in [0.25, 0.3) is 0 Å². The van der Waals surface area contributed by atoms with Gasteiger partial charge in [-0.2, -0.15) is 0 Å². The minimum Gasteiger partial charge on any atom is -0.468 e. The second-order valence-corrected chi connectivity index (χ2v) is 5.97. The molecule has 0 fully saturated rings. The first-order chi connectivity index (χ1) is 9.48. The van der Waals surface area contributed by atoms with E-state index in [1.54, 1.807) is 13.8 Å². The fourth-order valence-electron chi connectivity index (χ4n) is 1.78. The molecule has 0 aliphatic carbocycles. The van der Waals surface area contributed by atoms with Crippen molar-refractivity contribution in [1.82, 2.24) is 0 Å². The third-order valence-electron chi connectivity index (χ3n) is 2.52. The average Bonchev–Trinajstić information content (AvgIpc) is 2.39. The van der Waals surface area contributed by atoms with Crippen LogP contribution in [0.4, 0.5) is 4.39 Å². The van der Waals surface area contributed by atoms with Gasteiger partial charge in [-0.25, -0.2) is 4.39 Å². The zero-order valence-corrected chi connectivity index (χ0v) is 12.6. The second kappa shape index (κ2) is 7.53. The van der Waals surface area contributed by atoms with Crippen LogP contribution in [0, 0.1) is 5.82 Å². The fraction of sp³-hybridized carbons (Fsp3) is 0.462. The molecular weight excluding hydrogens is 286 g/mol. The molecule has 0 spiro atoms. The van der Waals surface area contributed by atoms with Crippen LogP contribution in [0.3, 0.4) is 0 Å². The van der Waals surface area contributed by atoms with Gasteiger partial charge in [0.1, 0.15) is 5.82 Å². The largest absolute Gasteiger partial charge is 0.468 e. The Morgan fingerprint density at radius 3 is 2.35 bits per heavy atom. The maximum atomic E-state index is 13.3. The number of hydrogen-bond donors (Lipinski definition) is 0. The molecule has 0 radical (unpaired) electrons. The molecule has 7 heteroatoms. The van der Waals surface area contributed by atoms with Crippen LogP contribution >= 0.6 is 7.60 Å². The minimum atomic E-state index is -3.79. The van der Waals surface area contributed by atoms with E-state index in [0.29, 0.717) is 0 Å². The summed E-state index contributed by atoms with van der Waals surface area (Å²) in [5, 5.41) is 0. The third kappa shape index (κ3) is 3.88. The lowest BCUT2D eigenvalue weighted by atomic mass is 10.1. The standard InChI is InChI=1S/C13H18FO5P/c1-4-18-20(16,19-5-2)12(13(15)17-3)10-7-6-8-11(14)9-10/h6-9,12H,4-5H2,1-3H3/t12-/m0/s1. The van der Waals surface area contributed by atoms with E-state index in [9.17, 15) is 13.8 Å². The van der Waals surface area contributed by atoms with E-state index in [1.165, 1.54) is 18.2 Å². The van der Waals surface area contributed by atoms with E-state index in [2.05, 4.69) is 4.74 Å². The van der Waals surface area contributed by atoms with E-state index < -0.39 is 25.0 Å². The van der Waals surface area contributed by atoms with Crippen LogP contribution in [0.2, 0.25) is 0 Å². The molecule has 0 aliphatic heterocycles. The summed E-state index contributed by atoms with van der Waals surface area (Å²) in [6.45, 7) is 3.46. The summed E-state index contributed by atoms with van der Waals surface area (Å²) in [7, 11) is -2.62. The lowest BCUT2D eigenvalue weighted by molar-refractivity contribution is -0.140. The third-order valence-corrected chi connectivity index (χ3v) is 4.90. The van der Waals surface area contributed by atoms with Crippen LogP contribution in [0.1, 0.15) is 25.1 Å². The molecule has 0 amide bonds. The van der Waals surface area contributed by atoms with Crippen LogP contribution in [0.5, 0.6) is 0 Å². The fourth-order valence-corrected chi connectivity index (χ4v) is 3.76. The Morgan fingerprint density at radius 1 is 1.30 bits per heavy atom. The molecular formula is C13H18FO5P. The summed E-state index contributed by atoms with van der Waals surface area (Å²) < 4.78 is 41.1. The number of benzene rings is 1. The Labute approximate surface area is 117 Å². The lowest BCUT2D eigenvalue weighted by Gasteiger charge is -2.24. The van der Waals surface area contributed by atoms with Crippen molar-refractivity contribution in [1.29, 1.82) is 0 Å². The molecule has 5 nitrogen and oxygen atoms in total. The number of esters is 1. The van der Waals surface area contributed by atoms with Crippen molar-refractivity contribution in [2.24, 2.45) is 0 Å². The Morgan fingerprint density at radius 2 is 1.90 bits per heavy atom. The maximum Gasteiger partial charge on any atom is 0.349 e. The van der Waals surface area contributed by atoms with Crippen LogP contribution in [-0.2, 0) is 23.1 Å². The normalized spacial score (nSPS) is 13.0. The molecule has 0 aromatic heterocycles. The topological polar surface area (TPSA) is 61.8 Å². The number of rotatable bonds is 7. The molecule has 0 heterocycles. The summed E-state index contributed by atoms with van der Waals surface area (Å²) in [6.07, 6.45) is 0. The zero-order valence-electron chi connectivity index (χ0n) is 11.7. The molecule has 0 bridgehead atoms. The van der Waals surface area contributed by atoms with Gasteiger partial charge in [-0.05, 0) is 31.5 Å². The van der Waals surface area contributed by atoms with Gasteiger partial charge in [0.05, 0.1) is 20.3 Å². The van der Waals surface area contributed by atoms with Crippen molar-refractivity contribution < 1.29 is 27.5 Å². The van der Waals surface area contributed by atoms with E-state index in [0.717, 1.165) is 13.2 Å². The maximum absolute atomic E-state index is 13.3. The summed E-state index contributed by atoms with van der Waals surface area (Å²) in [4.78, 5) is 11.9. The molecule has 0 saturated heterocycles. The lowest BCUT2D eigenvalue weighted by Crippen LogP contribution is -2.18. The van der Waals surface area contributed by atoms with Gasteiger partial charge in [-0.1, -0.05) is 12.1 Å². The van der Waals surface area contributed by atoms with Crippen molar-refractivity contribution in [3.63, 3.8) is 0 Å². The number of ether oxygens (including phenoxy) is 1. The van der Waals surface area contributed by atoms with E-state index in [4.69, 9.17) is 9.05 Å². The van der Waals surface area contributed by atoms with Gasteiger partial charge in [0.15, 0.2) is 5.66 Å². The van der Waals surface area contributed by atoms with Crippen LogP contribution in [-0.4, -0.2) is 26.3 Å². The first kappa shape index (κ1) is 16.8. The second-order valence-electron chi connectivity index (χ2n) is 3.86. The first-order valence-corrected chi connectivity index (χ1v) is 7.81. The number of carbonyl (C=O) groups excluding carboxylic acids is 1. The highest BCUT2D eigenvalue weighted by molar-refractivity contribution is 7.55. The van der Waals surface area contributed by atoms with Gasteiger partial charge in [0, 0.05) is 0 Å². The van der Waals surface area contributed by atoms with Crippen molar-refractivity contribution in [3.8, 4) is 0 Å². The van der Waals surface area contributed by atoms with Crippen LogP contribution < -0.4 is 0 Å². The molecule has 0 N–H and O–H groups in total. The Kier molecular flexibility index (Phi) is 6.33. The first-order valence-electron chi connectivity index (χ1n) is 6.20. The summed E-state index contributed by atoms with van der Waals surface area (Å²) in [5.74, 6) is -1.34. The number of halogens is 1. The summed E-state index contributed by atoms with van der Waals surface area (Å²) >= 11 is 0. The van der Waals surface area contributed by atoms with E-state index in [1.807, 2.05) is 0 Å². The van der Waals surface area contributed by atoms with Gasteiger partial charge < -0.3 is 13.8 Å². The van der Waals surface area contributed by atoms with Crippen LogP contribution in [0.15, 0.2) is 24.3 Å². The predicted molar refractivity (Wildman–Crippen MR) is 72.0 cm³/mol. The van der Waals surface area contributed by atoms with Crippen molar-refractivity contribution in [2.75, 3.05) is 20.3 Å². The molecule has 20 heavy (non-hydrogen) atoms. The molecule has 0 saturated carbocycles. The van der Waals surface area contributed by atoms with Gasteiger partial charge >= 0.3 is 13.6 Å². The highest BCUT2D eigenvalue weighted by atomic mass is 31.2. The Hall–Kier alpha value is -1.23. The smallest absolute Gasteiger partial charge is 0.349 e. The number of hydrogen-bond acceptors (Lipinski definition) is 5.